The average Bonchev–Trinajstić information content (AvgIpc) is 2.84. The van der Waals surface area contributed by atoms with Gasteiger partial charge in [-0.25, -0.2) is 12.7 Å². The fourth-order valence-corrected chi connectivity index (χ4v) is 3.41. The van der Waals surface area contributed by atoms with Crippen LogP contribution in [0.2, 0.25) is 0 Å². The van der Waals surface area contributed by atoms with Crippen molar-refractivity contribution < 1.29 is 13.2 Å². The second kappa shape index (κ2) is 5.82. The van der Waals surface area contributed by atoms with Gasteiger partial charge in [-0.1, -0.05) is 6.07 Å². The zero-order valence-electron chi connectivity index (χ0n) is 12.7. The highest BCUT2D eigenvalue weighted by atomic mass is 32.2. The number of anilines is 2. The lowest BCUT2D eigenvalue weighted by atomic mass is 10.0. The van der Waals surface area contributed by atoms with Crippen LogP contribution in [0.4, 0.5) is 11.4 Å². The average molecular weight is 313 g/mol. The molecule has 1 saturated heterocycles. The molecule has 1 aliphatic heterocycles. The van der Waals surface area contributed by atoms with Crippen molar-refractivity contribution in [3.63, 3.8) is 0 Å². The highest BCUT2D eigenvalue weighted by Gasteiger charge is 2.30. The van der Waals surface area contributed by atoms with E-state index in [-0.39, 0.29) is 16.2 Å². The molecule has 3 N–H and O–H groups in total. The van der Waals surface area contributed by atoms with Crippen LogP contribution in [0.15, 0.2) is 23.1 Å². The predicted octanol–water partition coefficient (Wildman–Crippen LogP) is 1.50. The van der Waals surface area contributed by atoms with E-state index >= 15 is 0 Å². The van der Waals surface area contributed by atoms with Crippen LogP contribution in [0.3, 0.4) is 0 Å². The summed E-state index contributed by atoms with van der Waals surface area (Å²) >= 11 is 0. The molecule has 0 amide bonds. The molecule has 0 aromatic heterocycles. The number of benzene rings is 1. The van der Waals surface area contributed by atoms with Gasteiger partial charge in [-0.15, -0.1) is 0 Å². The highest BCUT2D eigenvalue weighted by molar-refractivity contribution is 7.89. The Morgan fingerprint density at radius 2 is 2.14 bits per heavy atom. The lowest BCUT2D eigenvalue weighted by molar-refractivity contribution is 0.0315. The Bertz CT molecular complexity index is 608. The van der Waals surface area contributed by atoms with Crippen LogP contribution in [0.25, 0.3) is 0 Å². The monoisotopic (exact) mass is 313 g/mol. The van der Waals surface area contributed by atoms with Crippen molar-refractivity contribution in [3.05, 3.63) is 18.2 Å². The SMILES string of the molecule is CN(C)S(=O)(=O)c1cccc(NCC2(C)CCCO2)c1N. The van der Waals surface area contributed by atoms with Crippen LogP contribution in [-0.2, 0) is 14.8 Å². The maximum Gasteiger partial charge on any atom is 0.244 e. The van der Waals surface area contributed by atoms with Crippen LogP contribution >= 0.6 is 0 Å². The van der Waals surface area contributed by atoms with Gasteiger partial charge in [-0.2, -0.15) is 0 Å². The number of nitrogen functional groups attached to an aromatic ring is 1. The summed E-state index contributed by atoms with van der Waals surface area (Å²) in [5.41, 5.74) is 6.67. The number of para-hydroxylation sites is 1. The second-order valence-electron chi connectivity index (χ2n) is 5.76. The van der Waals surface area contributed by atoms with Gasteiger partial charge in [0.25, 0.3) is 0 Å². The van der Waals surface area contributed by atoms with Crippen LogP contribution in [0.1, 0.15) is 19.8 Å². The summed E-state index contributed by atoms with van der Waals surface area (Å²) in [5.74, 6) is 0. The number of nitrogens with one attached hydrogen (secondary N) is 1. The van der Waals surface area contributed by atoms with Crippen molar-refractivity contribution in [3.8, 4) is 0 Å². The highest BCUT2D eigenvalue weighted by Crippen LogP contribution is 2.30. The Morgan fingerprint density at radius 1 is 1.43 bits per heavy atom. The van der Waals surface area contributed by atoms with Gasteiger partial charge in [0.05, 0.1) is 17.0 Å². The minimum atomic E-state index is -3.55. The smallest absolute Gasteiger partial charge is 0.244 e. The zero-order chi connectivity index (χ0) is 15.7. The lowest BCUT2D eigenvalue weighted by Crippen LogP contribution is -2.33. The first-order valence-electron chi connectivity index (χ1n) is 6.95. The van der Waals surface area contributed by atoms with E-state index < -0.39 is 10.0 Å². The molecular formula is C14H23N3O3S. The van der Waals surface area contributed by atoms with Crippen molar-refractivity contribution in [2.24, 2.45) is 0 Å². The van der Waals surface area contributed by atoms with E-state index in [4.69, 9.17) is 10.5 Å². The third kappa shape index (κ3) is 3.30. The van der Waals surface area contributed by atoms with E-state index in [1.807, 2.05) is 6.92 Å². The molecule has 6 nitrogen and oxygen atoms in total. The topological polar surface area (TPSA) is 84.7 Å². The third-order valence-electron chi connectivity index (χ3n) is 3.78. The quantitative estimate of drug-likeness (QED) is 0.805. The Hall–Kier alpha value is -1.31. The summed E-state index contributed by atoms with van der Waals surface area (Å²) in [5, 5.41) is 3.21. The molecule has 7 heteroatoms. The van der Waals surface area contributed by atoms with Gasteiger partial charge in [-0.3, -0.25) is 0 Å². The summed E-state index contributed by atoms with van der Waals surface area (Å²) in [6.07, 6.45) is 2.03. The Kier molecular flexibility index (Phi) is 4.46. The van der Waals surface area contributed by atoms with Crippen LogP contribution in [0.5, 0.6) is 0 Å². The molecule has 1 atom stereocenters. The fraction of sp³-hybridized carbons (Fsp3) is 0.571. The number of rotatable bonds is 5. The molecule has 1 heterocycles. The largest absolute Gasteiger partial charge is 0.396 e. The minimum absolute atomic E-state index is 0.120. The second-order valence-corrected chi connectivity index (χ2v) is 7.88. The normalized spacial score (nSPS) is 22.7. The summed E-state index contributed by atoms with van der Waals surface area (Å²) < 4.78 is 31.3. The van der Waals surface area contributed by atoms with Gasteiger partial charge in [0.15, 0.2) is 0 Å². The zero-order valence-corrected chi connectivity index (χ0v) is 13.5. The molecule has 21 heavy (non-hydrogen) atoms. The van der Waals surface area contributed by atoms with Crippen LogP contribution in [0, 0.1) is 0 Å². The van der Waals surface area contributed by atoms with Crippen molar-refractivity contribution >= 4 is 21.4 Å². The summed E-state index contributed by atoms with van der Waals surface area (Å²) in [6.45, 7) is 3.41. The van der Waals surface area contributed by atoms with Gasteiger partial charge >= 0.3 is 0 Å². The third-order valence-corrected chi connectivity index (χ3v) is 5.65. The van der Waals surface area contributed by atoms with E-state index in [9.17, 15) is 8.42 Å². The molecule has 1 aromatic rings. The summed E-state index contributed by atoms with van der Waals surface area (Å²) in [7, 11) is -0.569. The lowest BCUT2D eigenvalue weighted by Gasteiger charge is -2.25. The van der Waals surface area contributed by atoms with E-state index in [0.717, 1.165) is 23.8 Å². The first kappa shape index (κ1) is 16.1. The maximum absolute atomic E-state index is 12.2. The molecule has 1 aromatic carbocycles. The van der Waals surface area contributed by atoms with Crippen molar-refractivity contribution in [1.82, 2.24) is 4.31 Å². The first-order chi connectivity index (χ1) is 9.76. The standard InChI is InChI=1S/C14H23N3O3S/c1-14(8-5-9-20-14)10-16-11-6-4-7-12(13(11)15)21(18,19)17(2)3/h4,6-7,16H,5,8-10,15H2,1-3H3. The van der Waals surface area contributed by atoms with E-state index in [0.29, 0.717) is 12.2 Å². The molecule has 0 bridgehead atoms. The predicted molar refractivity (Wildman–Crippen MR) is 83.8 cm³/mol. The van der Waals surface area contributed by atoms with Gasteiger partial charge in [0.1, 0.15) is 4.90 Å². The van der Waals surface area contributed by atoms with Gasteiger partial charge in [0, 0.05) is 27.2 Å². The van der Waals surface area contributed by atoms with Crippen LogP contribution < -0.4 is 11.1 Å². The number of ether oxygens (including phenoxy) is 1. The molecule has 0 saturated carbocycles. The van der Waals surface area contributed by atoms with Crippen molar-refractivity contribution in [2.75, 3.05) is 38.3 Å². The number of nitrogens with two attached hydrogens (primary N) is 1. The summed E-state index contributed by atoms with van der Waals surface area (Å²) in [4.78, 5) is 0.120. The molecule has 0 spiro atoms. The Morgan fingerprint density at radius 3 is 2.71 bits per heavy atom. The fourth-order valence-electron chi connectivity index (χ4n) is 2.38. The molecular weight excluding hydrogens is 290 g/mol. The number of hydrogen-bond acceptors (Lipinski definition) is 5. The molecule has 2 rings (SSSR count). The molecule has 1 fully saturated rings. The molecule has 0 aliphatic carbocycles. The number of nitrogens with zero attached hydrogens (tertiary/aromatic N) is 1. The number of hydrogen-bond donors (Lipinski definition) is 2. The maximum atomic E-state index is 12.2. The molecule has 118 valence electrons. The van der Waals surface area contributed by atoms with Crippen molar-refractivity contribution in [1.29, 1.82) is 0 Å². The van der Waals surface area contributed by atoms with Gasteiger partial charge in [0.2, 0.25) is 10.0 Å². The van der Waals surface area contributed by atoms with E-state index in [1.165, 1.54) is 20.2 Å². The van der Waals surface area contributed by atoms with Crippen LogP contribution in [-0.4, -0.2) is 45.6 Å². The van der Waals surface area contributed by atoms with Gasteiger partial charge < -0.3 is 15.8 Å². The first-order valence-corrected chi connectivity index (χ1v) is 8.39. The number of sulfonamides is 1. The minimum Gasteiger partial charge on any atom is -0.396 e. The van der Waals surface area contributed by atoms with Gasteiger partial charge in [-0.05, 0) is 31.9 Å². The molecule has 1 unspecified atom stereocenters. The Labute approximate surface area is 126 Å². The Balaban J connectivity index is 2.22. The summed E-state index contributed by atoms with van der Waals surface area (Å²) in [6, 6.07) is 4.98. The molecule has 1 aliphatic rings. The van der Waals surface area contributed by atoms with Crippen molar-refractivity contribution in [2.45, 2.75) is 30.3 Å². The molecule has 0 radical (unpaired) electrons. The van der Waals surface area contributed by atoms with E-state index in [1.54, 1.807) is 12.1 Å². The van der Waals surface area contributed by atoms with E-state index in [2.05, 4.69) is 5.32 Å².